The van der Waals surface area contributed by atoms with Crippen molar-refractivity contribution in [2.75, 3.05) is 14.2 Å². The summed E-state index contributed by atoms with van der Waals surface area (Å²) >= 11 is 0. The second-order valence-corrected chi connectivity index (χ2v) is 6.85. The van der Waals surface area contributed by atoms with Crippen LogP contribution in [0.1, 0.15) is 35.5 Å². The molecule has 0 aliphatic rings. The Labute approximate surface area is 157 Å². The molecular formula is C22H23NO4. The number of H-pyrrole nitrogens is 1. The quantitative estimate of drug-likeness (QED) is 0.671. The van der Waals surface area contributed by atoms with Crippen molar-refractivity contribution in [3.8, 4) is 11.5 Å². The molecule has 0 spiro atoms. The molecule has 1 aromatic heterocycles. The number of rotatable bonds is 6. The summed E-state index contributed by atoms with van der Waals surface area (Å²) in [5, 5.41) is 0.402. The Balaban J connectivity index is 2.31. The summed E-state index contributed by atoms with van der Waals surface area (Å²) in [6.07, 6.45) is 0.591. The molecule has 2 aromatic carbocycles. The molecule has 0 aliphatic heterocycles. The van der Waals surface area contributed by atoms with E-state index in [1.54, 1.807) is 43.5 Å². The van der Waals surface area contributed by atoms with Gasteiger partial charge in [0.1, 0.15) is 0 Å². The zero-order chi connectivity index (χ0) is 19.6. The van der Waals surface area contributed by atoms with Crippen LogP contribution in [0.4, 0.5) is 0 Å². The van der Waals surface area contributed by atoms with Gasteiger partial charge in [-0.1, -0.05) is 44.2 Å². The Morgan fingerprint density at radius 2 is 1.67 bits per heavy atom. The molecule has 140 valence electrons. The summed E-state index contributed by atoms with van der Waals surface area (Å²) in [6.45, 7) is 4.10. The SMILES string of the molecule is COc1cc2[nH]c(CC(C)C)c(C(=O)c3ccccc3)c(=O)c2cc1OC. The molecule has 0 saturated carbocycles. The third-order valence-corrected chi connectivity index (χ3v) is 4.46. The maximum Gasteiger partial charge on any atom is 0.200 e. The number of carbonyl (C=O) groups is 1. The molecule has 0 aliphatic carbocycles. The molecule has 0 saturated heterocycles. The fourth-order valence-electron chi connectivity index (χ4n) is 3.20. The zero-order valence-electron chi connectivity index (χ0n) is 16.0. The van der Waals surface area contributed by atoms with Gasteiger partial charge in [0.05, 0.1) is 30.7 Å². The standard InChI is InChI=1S/C22H23NO4/c1-13(2)10-17-20(21(24)14-8-6-5-7-9-14)22(25)15-11-18(26-3)19(27-4)12-16(15)23-17/h5-9,11-13H,10H2,1-4H3,(H,23,25). The van der Waals surface area contributed by atoms with Gasteiger partial charge in [-0.15, -0.1) is 0 Å². The average molecular weight is 365 g/mol. The van der Waals surface area contributed by atoms with Gasteiger partial charge in [0, 0.05) is 17.3 Å². The summed E-state index contributed by atoms with van der Waals surface area (Å²) in [4.78, 5) is 29.7. The number of carbonyl (C=O) groups excluding carboxylic acids is 1. The Morgan fingerprint density at radius 1 is 1.04 bits per heavy atom. The largest absolute Gasteiger partial charge is 0.493 e. The van der Waals surface area contributed by atoms with E-state index >= 15 is 0 Å². The van der Waals surface area contributed by atoms with Gasteiger partial charge in [0.15, 0.2) is 17.3 Å². The van der Waals surface area contributed by atoms with Crippen molar-refractivity contribution in [3.05, 3.63) is 69.5 Å². The molecule has 0 atom stereocenters. The van der Waals surface area contributed by atoms with Crippen LogP contribution in [-0.4, -0.2) is 25.0 Å². The van der Waals surface area contributed by atoms with Crippen molar-refractivity contribution in [1.29, 1.82) is 0 Å². The number of nitrogens with one attached hydrogen (secondary N) is 1. The molecule has 27 heavy (non-hydrogen) atoms. The highest BCUT2D eigenvalue weighted by Gasteiger charge is 2.22. The molecule has 0 radical (unpaired) electrons. The second-order valence-electron chi connectivity index (χ2n) is 6.85. The van der Waals surface area contributed by atoms with Crippen LogP contribution in [0.5, 0.6) is 11.5 Å². The van der Waals surface area contributed by atoms with Crippen molar-refractivity contribution < 1.29 is 14.3 Å². The Morgan fingerprint density at radius 3 is 2.26 bits per heavy atom. The van der Waals surface area contributed by atoms with E-state index in [1.165, 1.54) is 7.11 Å². The smallest absolute Gasteiger partial charge is 0.200 e. The molecule has 5 nitrogen and oxygen atoms in total. The van der Waals surface area contributed by atoms with E-state index in [0.29, 0.717) is 40.1 Å². The number of fused-ring (bicyclic) bond motifs is 1. The van der Waals surface area contributed by atoms with Crippen molar-refractivity contribution in [2.24, 2.45) is 5.92 Å². The van der Waals surface area contributed by atoms with Crippen molar-refractivity contribution in [3.63, 3.8) is 0 Å². The van der Waals surface area contributed by atoms with Crippen LogP contribution in [0.15, 0.2) is 47.3 Å². The number of hydrogen-bond donors (Lipinski definition) is 1. The van der Waals surface area contributed by atoms with Crippen LogP contribution in [0.3, 0.4) is 0 Å². The maximum absolute atomic E-state index is 13.3. The van der Waals surface area contributed by atoms with Crippen LogP contribution in [-0.2, 0) is 6.42 Å². The highest BCUT2D eigenvalue weighted by molar-refractivity contribution is 6.11. The minimum absolute atomic E-state index is 0.189. The number of ketones is 1. The minimum atomic E-state index is -0.297. The lowest BCUT2D eigenvalue weighted by Gasteiger charge is -2.14. The van der Waals surface area contributed by atoms with Gasteiger partial charge in [-0.25, -0.2) is 0 Å². The summed E-state index contributed by atoms with van der Waals surface area (Å²) < 4.78 is 10.7. The van der Waals surface area contributed by atoms with Gasteiger partial charge < -0.3 is 14.5 Å². The Bertz CT molecular complexity index is 1040. The third-order valence-electron chi connectivity index (χ3n) is 4.46. The molecule has 0 fully saturated rings. The normalized spacial score (nSPS) is 11.0. The highest BCUT2D eigenvalue weighted by Crippen LogP contribution is 2.31. The molecule has 0 bridgehead atoms. The predicted molar refractivity (Wildman–Crippen MR) is 106 cm³/mol. The fraction of sp³-hybridized carbons (Fsp3) is 0.273. The highest BCUT2D eigenvalue weighted by atomic mass is 16.5. The number of benzene rings is 2. The first kappa shape index (κ1) is 18.7. The predicted octanol–water partition coefficient (Wildman–Crippen LogP) is 3.97. The fourth-order valence-corrected chi connectivity index (χ4v) is 3.20. The van der Waals surface area contributed by atoms with Gasteiger partial charge in [0.2, 0.25) is 5.43 Å². The van der Waals surface area contributed by atoms with Crippen molar-refractivity contribution in [1.82, 2.24) is 4.98 Å². The Kier molecular flexibility index (Phi) is 5.31. The lowest BCUT2D eigenvalue weighted by atomic mass is 9.95. The van der Waals surface area contributed by atoms with E-state index in [0.717, 1.165) is 0 Å². The average Bonchev–Trinajstić information content (AvgIpc) is 2.67. The van der Waals surface area contributed by atoms with Gasteiger partial charge in [-0.2, -0.15) is 0 Å². The molecule has 0 amide bonds. The number of aromatic amines is 1. The summed E-state index contributed by atoms with van der Waals surface area (Å²) in [6, 6.07) is 12.2. The summed E-state index contributed by atoms with van der Waals surface area (Å²) in [5.74, 6) is 0.980. The minimum Gasteiger partial charge on any atom is -0.493 e. The van der Waals surface area contributed by atoms with E-state index in [1.807, 2.05) is 19.9 Å². The lowest BCUT2D eigenvalue weighted by Crippen LogP contribution is -2.22. The number of ether oxygens (including phenoxy) is 2. The third kappa shape index (κ3) is 3.58. The summed E-state index contributed by atoms with van der Waals surface area (Å²) in [7, 11) is 3.06. The van der Waals surface area contributed by atoms with Crippen molar-refractivity contribution >= 4 is 16.7 Å². The van der Waals surface area contributed by atoms with Gasteiger partial charge in [-0.3, -0.25) is 9.59 Å². The molecule has 3 rings (SSSR count). The second kappa shape index (κ2) is 7.66. The lowest BCUT2D eigenvalue weighted by molar-refractivity contribution is 0.103. The van der Waals surface area contributed by atoms with Gasteiger partial charge >= 0.3 is 0 Å². The van der Waals surface area contributed by atoms with E-state index in [9.17, 15) is 9.59 Å². The monoisotopic (exact) mass is 365 g/mol. The van der Waals surface area contributed by atoms with Crippen molar-refractivity contribution in [2.45, 2.75) is 20.3 Å². The van der Waals surface area contributed by atoms with E-state index < -0.39 is 0 Å². The molecule has 1 N–H and O–H groups in total. The number of hydrogen-bond acceptors (Lipinski definition) is 4. The molecular weight excluding hydrogens is 342 g/mol. The summed E-state index contributed by atoms with van der Waals surface area (Å²) in [5.41, 5.74) is 1.65. The van der Waals surface area contributed by atoms with Crippen LogP contribution in [0.2, 0.25) is 0 Å². The van der Waals surface area contributed by atoms with Crippen LogP contribution >= 0.6 is 0 Å². The number of pyridine rings is 1. The molecule has 5 heteroatoms. The van der Waals surface area contributed by atoms with Crippen LogP contribution in [0, 0.1) is 5.92 Å². The molecule has 1 heterocycles. The zero-order valence-corrected chi connectivity index (χ0v) is 16.0. The van der Waals surface area contributed by atoms with E-state index in [-0.39, 0.29) is 22.7 Å². The first-order valence-corrected chi connectivity index (χ1v) is 8.86. The molecule has 3 aromatic rings. The number of methoxy groups -OCH3 is 2. The first-order chi connectivity index (χ1) is 13.0. The number of aromatic nitrogens is 1. The first-order valence-electron chi connectivity index (χ1n) is 8.86. The van der Waals surface area contributed by atoms with Crippen LogP contribution < -0.4 is 14.9 Å². The van der Waals surface area contributed by atoms with E-state index in [2.05, 4.69) is 4.98 Å². The van der Waals surface area contributed by atoms with Gasteiger partial charge in [-0.05, 0) is 18.4 Å². The maximum atomic E-state index is 13.3. The van der Waals surface area contributed by atoms with Gasteiger partial charge in [0.25, 0.3) is 0 Å². The van der Waals surface area contributed by atoms with Crippen LogP contribution in [0.25, 0.3) is 10.9 Å². The van der Waals surface area contributed by atoms with E-state index in [4.69, 9.17) is 9.47 Å². The topological polar surface area (TPSA) is 68.4 Å². The Hall–Kier alpha value is -3.08. The molecule has 0 unspecified atom stereocenters.